The van der Waals surface area contributed by atoms with Crippen LogP contribution >= 0.6 is 11.8 Å². The third kappa shape index (κ3) is 6.76. The standard InChI is InChI=1S/C24H27N3O5S/c1-5-32-23(28)13-17-12-22(27-21-9-7-6-8-20(21)25-17)33-15(2)24(29)26-16-10-18(30-3)14-19(11-16)31-4/h6-12,14-15,25H,5,13H2,1-4H3,(H,26,29). The molecule has 2 N–H and O–H groups in total. The molecule has 1 heterocycles. The number of nitrogens with zero attached hydrogens (tertiary/aromatic N) is 1. The maximum Gasteiger partial charge on any atom is 0.311 e. The number of methoxy groups -OCH3 is 2. The van der Waals surface area contributed by atoms with Gasteiger partial charge in [0.25, 0.3) is 0 Å². The van der Waals surface area contributed by atoms with Gasteiger partial charge in [0.2, 0.25) is 5.91 Å². The highest BCUT2D eigenvalue weighted by atomic mass is 32.2. The minimum Gasteiger partial charge on any atom is -0.497 e. The van der Waals surface area contributed by atoms with Crippen LogP contribution in [0.5, 0.6) is 11.5 Å². The zero-order valence-electron chi connectivity index (χ0n) is 19.0. The average molecular weight is 470 g/mol. The van der Waals surface area contributed by atoms with Crippen LogP contribution in [0, 0.1) is 0 Å². The summed E-state index contributed by atoms with van der Waals surface area (Å²) in [5.74, 6) is 0.612. The topological polar surface area (TPSA) is 98.3 Å². The molecule has 33 heavy (non-hydrogen) atoms. The second-order valence-electron chi connectivity index (χ2n) is 7.09. The van der Waals surface area contributed by atoms with Crippen molar-refractivity contribution in [3.63, 3.8) is 0 Å². The van der Waals surface area contributed by atoms with Gasteiger partial charge in [-0.2, -0.15) is 0 Å². The van der Waals surface area contributed by atoms with E-state index in [0.717, 1.165) is 11.4 Å². The van der Waals surface area contributed by atoms with Crippen LogP contribution in [-0.2, 0) is 14.3 Å². The fourth-order valence-corrected chi connectivity index (χ4v) is 3.96. The van der Waals surface area contributed by atoms with E-state index in [2.05, 4.69) is 10.6 Å². The molecule has 0 spiro atoms. The van der Waals surface area contributed by atoms with Crippen LogP contribution in [-0.4, -0.2) is 43.0 Å². The number of fused-ring (bicyclic) bond motifs is 1. The largest absolute Gasteiger partial charge is 0.497 e. The Kier molecular flexibility index (Phi) is 8.37. The summed E-state index contributed by atoms with van der Waals surface area (Å²) in [7, 11) is 3.10. The summed E-state index contributed by atoms with van der Waals surface area (Å²) in [5, 5.41) is 6.28. The van der Waals surface area contributed by atoms with Crippen LogP contribution in [0.1, 0.15) is 20.3 Å². The summed E-state index contributed by atoms with van der Waals surface area (Å²) in [6.07, 6.45) is 1.85. The molecule has 0 saturated carbocycles. The Balaban J connectivity index is 1.78. The van der Waals surface area contributed by atoms with Crippen molar-refractivity contribution in [2.45, 2.75) is 25.5 Å². The lowest BCUT2D eigenvalue weighted by molar-refractivity contribution is -0.142. The maximum absolute atomic E-state index is 12.9. The molecule has 1 amide bonds. The second-order valence-corrected chi connectivity index (χ2v) is 8.46. The Morgan fingerprint density at radius 2 is 1.82 bits per heavy atom. The molecule has 2 aromatic rings. The summed E-state index contributed by atoms with van der Waals surface area (Å²) in [6, 6.07) is 12.7. The zero-order valence-corrected chi connectivity index (χ0v) is 19.8. The number of carbonyl (C=O) groups excluding carboxylic acids is 2. The van der Waals surface area contributed by atoms with Gasteiger partial charge in [-0.1, -0.05) is 23.9 Å². The predicted octanol–water partition coefficient (Wildman–Crippen LogP) is 4.76. The van der Waals surface area contributed by atoms with E-state index in [-0.39, 0.29) is 18.3 Å². The number of esters is 1. The lowest BCUT2D eigenvalue weighted by Crippen LogP contribution is -2.23. The van der Waals surface area contributed by atoms with Crippen molar-refractivity contribution in [1.29, 1.82) is 0 Å². The molecule has 1 aliphatic rings. The van der Waals surface area contributed by atoms with E-state index in [1.165, 1.54) is 11.8 Å². The minimum absolute atomic E-state index is 0.0753. The average Bonchev–Trinajstić information content (AvgIpc) is 2.96. The number of benzene rings is 2. The highest BCUT2D eigenvalue weighted by Gasteiger charge is 2.20. The summed E-state index contributed by atoms with van der Waals surface area (Å²) in [6.45, 7) is 3.87. The van der Waals surface area contributed by atoms with Crippen LogP contribution in [0.15, 0.2) is 59.2 Å². The van der Waals surface area contributed by atoms with Gasteiger partial charge in [-0.05, 0) is 32.1 Å². The van der Waals surface area contributed by atoms with E-state index in [0.29, 0.717) is 34.5 Å². The quantitative estimate of drug-likeness (QED) is 0.538. The molecule has 1 unspecified atom stereocenters. The molecular weight excluding hydrogens is 442 g/mol. The second kappa shape index (κ2) is 11.4. The van der Waals surface area contributed by atoms with Gasteiger partial charge in [0.15, 0.2) is 0 Å². The maximum atomic E-state index is 12.9. The molecule has 8 nitrogen and oxygen atoms in total. The number of hydrogen-bond donors (Lipinski definition) is 2. The number of aliphatic imine (C=N–C) groups is 1. The molecule has 3 rings (SSSR count). The van der Waals surface area contributed by atoms with E-state index in [9.17, 15) is 9.59 Å². The Morgan fingerprint density at radius 1 is 1.12 bits per heavy atom. The summed E-state index contributed by atoms with van der Waals surface area (Å²) in [4.78, 5) is 29.6. The number of amides is 1. The summed E-state index contributed by atoms with van der Waals surface area (Å²) < 4.78 is 15.6. The lowest BCUT2D eigenvalue weighted by Gasteiger charge is -2.14. The number of hydrogen-bond acceptors (Lipinski definition) is 8. The smallest absolute Gasteiger partial charge is 0.311 e. The van der Waals surface area contributed by atoms with Gasteiger partial charge < -0.3 is 24.8 Å². The van der Waals surface area contributed by atoms with Gasteiger partial charge in [-0.25, -0.2) is 4.99 Å². The number of ether oxygens (including phenoxy) is 3. The molecule has 0 fully saturated rings. The van der Waals surface area contributed by atoms with Gasteiger partial charge in [0.05, 0.1) is 48.9 Å². The van der Waals surface area contributed by atoms with Crippen LogP contribution in [0.3, 0.4) is 0 Å². The number of carbonyl (C=O) groups is 2. The van der Waals surface area contributed by atoms with Crippen molar-refractivity contribution in [1.82, 2.24) is 0 Å². The fraction of sp³-hybridized carbons (Fsp3) is 0.292. The molecule has 0 saturated heterocycles. The summed E-state index contributed by atoms with van der Waals surface area (Å²) in [5.41, 5.74) is 2.72. The van der Waals surface area contributed by atoms with Gasteiger partial charge >= 0.3 is 5.97 Å². The minimum atomic E-state index is -0.466. The molecule has 1 atom stereocenters. The fourth-order valence-electron chi connectivity index (χ4n) is 3.07. The first-order chi connectivity index (χ1) is 15.9. The van der Waals surface area contributed by atoms with Crippen molar-refractivity contribution in [3.05, 3.63) is 54.2 Å². The Hall–Kier alpha value is -3.46. The number of rotatable bonds is 8. The number of para-hydroxylation sites is 2. The first-order valence-electron chi connectivity index (χ1n) is 10.4. The SMILES string of the molecule is CCOC(=O)CC1=CC(SC(C)C(=O)Nc2cc(OC)cc(OC)c2)=Nc2ccccc2N1. The highest BCUT2D eigenvalue weighted by Crippen LogP contribution is 2.32. The Morgan fingerprint density at radius 3 is 2.48 bits per heavy atom. The monoisotopic (exact) mass is 469 g/mol. The van der Waals surface area contributed by atoms with Crippen LogP contribution in [0.25, 0.3) is 0 Å². The van der Waals surface area contributed by atoms with Crippen LogP contribution in [0.2, 0.25) is 0 Å². The number of anilines is 2. The van der Waals surface area contributed by atoms with E-state index in [1.54, 1.807) is 52.3 Å². The Labute approximate surface area is 197 Å². The van der Waals surface area contributed by atoms with E-state index < -0.39 is 5.25 Å². The molecule has 9 heteroatoms. The van der Waals surface area contributed by atoms with Crippen molar-refractivity contribution < 1.29 is 23.8 Å². The van der Waals surface area contributed by atoms with Gasteiger partial charge in [0, 0.05) is 29.6 Å². The lowest BCUT2D eigenvalue weighted by atomic mass is 10.2. The molecule has 1 aliphatic heterocycles. The molecule has 174 valence electrons. The molecule has 0 radical (unpaired) electrons. The highest BCUT2D eigenvalue weighted by molar-refractivity contribution is 8.15. The van der Waals surface area contributed by atoms with E-state index in [4.69, 9.17) is 19.2 Å². The van der Waals surface area contributed by atoms with Crippen molar-refractivity contribution in [3.8, 4) is 11.5 Å². The molecule has 0 aliphatic carbocycles. The first-order valence-corrected chi connectivity index (χ1v) is 11.3. The van der Waals surface area contributed by atoms with E-state index in [1.807, 2.05) is 24.3 Å². The van der Waals surface area contributed by atoms with Crippen LogP contribution < -0.4 is 20.1 Å². The van der Waals surface area contributed by atoms with E-state index >= 15 is 0 Å². The molecule has 0 aromatic heterocycles. The molecular formula is C24H27N3O5S. The number of nitrogens with one attached hydrogen (secondary N) is 2. The van der Waals surface area contributed by atoms with Crippen molar-refractivity contribution in [2.75, 3.05) is 31.5 Å². The van der Waals surface area contributed by atoms with Gasteiger partial charge in [0.1, 0.15) is 11.5 Å². The Bertz CT molecular complexity index is 1060. The molecule has 2 aromatic carbocycles. The zero-order chi connectivity index (χ0) is 23.8. The first kappa shape index (κ1) is 24.2. The van der Waals surface area contributed by atoms with Crippen LogP contribution in [0.4, 0.5) is 17.1 Å². The third-order valence-electron chi connectivity index (χ3n) is 4.65. The van der Waals surface area contributed by atoms with Gasteiger partial charge in [-0.15, -0.1) is 0 Å². The van der Waals surface area contributed by atoms with Crippen molar-refractivity contribution in [2.24, 2.45) is 4.99 Å². The normalized spacial score (nSPS) is 13.3. The summed E-state index contributed by atoms with van der Waals surface area (Å²) >= 11 is 1.30. The molecule has 0 bridgehead atoms. The van der Waals surface area contributed by atoms with Gasteiger partial charge in [-0.3, -0.25) is 9.59 Å². The van der Waals surface area contributed by atoms with Crippen molar-refractivity contribution >= 4 is 45.7 Å². The third-order valence-corrected chi connectivity index (χ3v) is 5.67. The predicted molar refractivity (Wildman–Crippen MR) is 132 cm³/mol. The number of thioether (sulfide) groups is 1.